The first-order chi connectivity index (χ1) is 13.4. The largest absolute Gasteiger partial charge is 0.495 e. The van der Waals surface area contributed by atoms with Crippen molar-refractivity contribution in [3.63, 3.8) is 0 Å². The number of carbonyl (C=O) groups is 1. The van der Waals surface area contributed by atoms with Gasteiger partial charge >= 0.3 is 0 Å². The van der Waals surface area contributed by atoms with Gasteiger partial charge in [-0.2, -0.15) is 0 Å². The molecule has 3 rings (SSSR count). The molecule has 0 aliphatic carbocycles. The molecular formula is C18H16ClFN4O2S2. The number of anilines is 3. The second-order valence-electron chi connectivity index (χ2n) is 5.60. The number of amides is 1. The quantitative estimate of drug-likeness (QED) is 0.493. The van der Waals surface area contributed by atoms with Gasteiger partial charge in [-0.15, -0.1) is 10.2 Å². The molecule has 3 aromatic rings. The smallest absolute Gasteiger partial charge is 0.237 e. The van der Waals surface area contributed by atoms with Crippen LogP contribution in [0, 0.1) is 5.82 Å². The van der Waals surface area contributed by atoms with E-state index in [0.29, 0.717) is 31.6 Å². The fourth-order valence-corrected chi connectivity index (χ4v) is 4.30. The van der Waals surface area contributed by atoms with Crippen LogP contribution in [0.25, 0.3) is 0 Å². The third-order valence-corrected chi connectivity index (χ3v) is 5.81. The molecule has 1 aromatic heterocycles. The molecule has 0 aliphatic rings. The van der Waals surface area contributed by atoms with Gasteiger partial charge in [0.25, 0.3) is 0 Å². The summed E-state index contributed by atoms with van der Waals surface area (Å²) in [5, 5.41) is 14.5. The predicted molar refractivity (Wildman–Crippen MR) is 112 cm³/mol. The van der Waals surface area contributed by atoms with Crippen molar-refractivity contribution in [1.82, 2.24) is 10.2 Å². The molecule has 0 fully saturated rings. The molecule has 1 heterocycles. The van der Waals surface area contributed by atoms with Crippen LogP contribution in [0.2, 0.25) is 5.02 Å². The predicted octanol–water partition coefficient (Wildman–Crippen LogP) is 5.20. The van der Waals surface area contributed by atoms with Gasteiger partial charge in [0, 0.05) is 10.7 Å². The van der Waals surface area contributed by atoms with E-state index in [1.807, 2.05) is 0 Å². The minimum Gasteiger partial charge on any atom is -0.495 e. The summed E-state index contributed by atoms with van der Waals surface area (Å²) in [6.45, 7) is 1.76. The van der Waals surface area contributed by atoms with Crippen LogP contribution >= 0.6 is 34.7 Å². The van der Waals surface area contributed by atoms with Crippen molar-refractivity contribution in [2.75, 3.05) is 17.7 Å². The lowest BCUT2D eigenvalue weighted by Crippen LogP contribution is -2.22. The highest BCUT2D eigenvalue weighted by atomic mass is 35.5. The molecule has 6 nitrogen and oxygen atoms in total. The Labute approximate surface area is 174 Å². The number of nitrogens with one attached hydrogen (secondary N) is 2. The number of hydrogen-bond acceptors (Lipinski definition) is 7. The fourth-order valence-electron chi connectivity index (χ4n) is 2.21. The van der Waals surface area contributed by atoms with E-state index in [9.17, 15) is 9.18 Å². The van der Waals surface area contributed by atoms with Crippen molar-refractivity contribution >= 4 is 57.1 Å². The van der Waals surface area contributed by atoms with Gasteiger partial charge in [0.1, 0.15) is 11.6 Å². The number of nitrogens with zero attached hydrogens (tertiary/aromatic N) is 2. The van der Waals surface area contributed by atoms with Crippen LogP contribution in [0.5, 0.6) is 5.75 Å². The molecule has 0 saturated heterocycles. The van der Waals surface area contributed by atoms with Crippen molar-refractivity contribution in [2.24, 2.45) is 0 Å². The zero-order valence-corrected chi connectivity index (χ0v) is 17.3. The third kappa shape index (κ3) is 5.34. The zero-order chi connectivity index (χ0) is 20.1. The number of aromatic nitrogens is 2. The molecule has 1 amide bonds. The average molecular weight is 439 g/mol. The third-order valence-electron chi connectivity index (χ3n) is 3.55. The van der Waals surface area contributed by atoms with Gasteiger partial charge in [-0.25, -0.2) is 4.39 Å². The van der Waals surface area contributed by atoms with Crippen LogP contribution in [0.4, 0.5) is 20.9 Å². The Kier molecular flexibility index (Phi) is 6.71. The molecule has 0 bridgehead atoms. The number of benzene rings is 2. The van der Waals surface area contributed by atoms with Crippen molar-refractivity contribution in [1.29, 1.82) is 0 Å². The van der Waals surface area contributed by atoms with Crippen LogP contribution in [-0.2, 0) is 4.79 Å². The summed E-state index contributed by atoms with van der Waals surface area (Å²) in [7, 11) is 1.52. The lowest BCUT2D eigenvalue weighted by molar-refractivity contribution is -0.115. The Balaban J connectivity index is 1.62. The van der Waals surface area contributed by atoms with Crippen LogP contribution in [0.3, 0.4) is 0 Å². The molecule has 0 radical (unpaired) electrons. The molecule has 146 valence electrons. The topological polar surface area (TPSA) is 76.1 Å². The highest BCUT2D eigenvalue weighted by Crippen LogP contribution is 2.32. The van der Waals surface area contributed by atoms with Crippen LogP contribution in [-0.4, -0.2) is 28.5 Å². The zero-order valence-electron chi connectivity index (χ0n) is 14.9. The van der Waals surface area contributed by atoms with Gasteiger partial charge < -0.3 is 15.4 Å². The van der Waals surface area contributed by atoms with E-state index in [2.05, 4.69) is 20.8 Å². The van der Waals surface area contributed by atoms with E-state index >= 15 is 0 Å². The van der Waals surface area contributed by atoms with Gasteiger partial charge in [-0.1, -0.05) is 40.8 Å². The summed E-state index contributed by atoms with van der Waals surface area (Å²) < 4.78 is 19.1. The first-order valence-electron chi connectivity index (χ1n) is 8.12. The van der Waals surface area contributed by atoms with Crippen LogP contribution in [0.1, 0.15) is 6.92 Å². The Morgan fingerprint density at radius 3 is 2.86 bits per heavy atom. The second kappa shape index (κ2) is 9.22. The normalized spacial score (nSPS) is 11.7. The van der Waals surface area contributed by atoms with E-state index in [1.165, 1.54) is 42.3 Å². The maximum absolute atomic E-state index is 13.3. The highest BCUT2D eigenvalue weighted by Gasteiger charge is 2.19. The number of halogens is 2. The van der Waals surface area contributed by atoms with Crippen molar-refractivity contribution < 1.29 is 13.9 Å². The van der Waals surface area contributed by atoms with Crippen molar-refractivity contribution in [2.45, 2.75) is 16.5 Å². The van der Waals surface area contributed by atoms with Gasteiger partial charge in [0.2, 0.25) is 11.0 Å². The number of methoxy groups -OCH3 is 1. The summed E-state index contributed by atoms with van der Waals surface area (Å²) in [6, 6.07) is 11.1. The SMILES string of the molecule is COc1ccc(Cl)cc1NC(=O)C(C)Sc1nnc(Nc2cccc(F)c2)s1. The number of thioether (sulfide) groups is 1. The first kappa shape index (κ1) is 20.4. The van der Waals surface area contributed by atoms with Gasteiger partial charge in [-0.3, -0.25) is 4.79 Å². The molecule has 0 saturated carbocycles. The lowest BCUT2D eigenvalue weighted by atomic mass is 10.3. The minimum atomic E-state index is -0.432. The van der Waals surface area contributed by atoms with Crippen LogP contribution < -0.4 is 15.4 Å². The van der Waals surface area contributed by atoms with Gasteiger partial charge in [0.05, 0.1) is 18.0 Å². The Morgan fingerprint density at radius 1 is 1.29 bits per heavy atom. The monoisotopic (exact) mass is 438 g/mol. The summed E-state index contributed by atoms with van der Waals surface area (Å²) in [5.74, 6) is -0.0429. The number of hydrogen-bond donors (Lipinski definition) is 2. The van der Waals surface area contributed by atoms with Crippen molar-refractivity contribution in [3.05, 3.63) is 53.3 Å². The lowest BCUT2D eigenvalue weighted by Gasteiger charge is -2.13. The van der Waals surface area contributed by atoms with Crippen LogP contribution in [0.15, 0.2) is 46.8 Å². The standard InChI is InChI=1S/C18H16ClFN4O2S2/c1-10(16(25)22-14-8-11(19)6-7-15(14)26-2)27-18-24-23-17(28-18)21-13-5-3-4-12(20)9-13/h3-10H,1-2H3,(H,21,23)(H,22,25). The van der Waals surface area contributed by atoms with E-state index in [1.54, 1.807) is 37.3 Å². The molecule has 0 aliphatic heterocycles. The molecule has 1 atom stereocenters. The summed E-state index contributed by atoms with van der Waals surface area (Å²) in [5.41, 5.74) is 1.07. The maximum Gasteiger partial charge on any atom is 0.237 e. The van der Waals surface area contributed by atoms with E-state index in [4.69, 9.17) is 16.3 Å². The van der Waals surface area contributed by atoms with E-state index in [0.717, 1.165) is 0 Å². The Morgan fingerprint density at radius 2 is 2.11 bits per heavy atom. The Hall–Kier alpha value is -2.36. The number of carbonyl (C=O) groups excluding carboxylic acids is 1. The van der Waals surface area contributed by atoms with Gasteiger partial charge in [0.15, 0.2) is 4.34 Å². The summed E-state index contributed by atoms with van der Waals surface area (Å²) >= 11 is 8.53. The molecule has 28 heavy (non-hydrogen) atoms. The summed E-state index contributed by atoms with van der Waals surface area (Å²) in [6.07, 6.45) is 0. The first-order valence-corrected chi connectivity index (χ1v) is 10.2. The van der Waals surface area contributed by atoms with E-state index < -0.39 is 5.25 Å². The second-order valence-corrected chi connectivity index (χ2v) is 8.60. The van der Waals surface area contributed by atoms with E-state index in [-0.39, 0.29) is 11.7 Å². The molecule has 1 unspecified atom stereocenters. The minimum absolute atomic E-state index is 0.222. The van der Waals surface area contributed by atoms with Crippen molar-refractivity contribution in [3.8, 4) is 5.75 Å². The van der Waals surface area contributed by atoms with Gasteiger partial charge in [-0.05, 0) is 43.3 Å². The maximum atomic E-state index is 13.3. The number of rotatable bonds is 7. The number of ether oxygens (including phenoxy) is 1. The molecule has 0 spiro atoms. The average Bonchev–Trinajstić information content (AvgIpc) is 3.08. The molecule has 2 N–H and O–H groups in total. The molecule has 2 aromatic carbocycles. The fraction of sp³-hybridized carbons (Fsp3) is 0.167. The molecule has 10 heteroatoms. The highest BCUT2D eigenvalue weighted by molar-refractivity contribution is 8.02. The summed E-state index contributed by atoms with van der Waals surface area (Å²) in [4.78, 5) is 12.5. The molecular weight excluding hydrogens is 423 g/mol. The Bertz CT molecular complexity index is 986.